The molecule has 156 valence electrons. The molecule has 1 aliphatic rings. The van der Waals surface area contributed by atoms with E-state index in [0.717, 1.165) is 31.8 Å². The molecule has 0 aliphatic carbocycles. The first kappa shape index (κ1) is 18.6. The maximum absolute atomic E-state index is 13.0. The van der Waals surface area contributed by atoms with Crippen molar-refractivity contribution in [3.63, 3.8) is 0 Å². The minimum absolute atomic E-state index is 0.0238. The van der Waals surface area contributed by atoms with E-state index in [1.807, 2.05) is 62.3 Å². The van der Waals surface area contributed by atoms with E-state index in [-0.39, 0.29) is 11.8 Å². The van der Waals surface area contributed by atoms with Gasteiger partial charge in [0.05, 0.1) is 16.8 Å². The number of thiazole rings is 1. The Morgan fingerprint density at radius 2 is 1.90 bits per heavy atom. The Bertz CT molecular complexity index is 1430. The average molecular weight is 450 g/mol. The fourth-order valence-corrected chi connectivity index (χ4v) is 5.99. The summed E-state index contributed by atoms with van der Waals surface area (Å²) in [5.41, 5.74) is 3.04. The average Bonchev–Trinajstić information content (AvgIpc) is 3.55. The second kappa shape index (κ2) is 7.21. The molecule has 9 heteroatoms. The van der Waals surface area contributed by atoms with Crippen molar-refractivity contribution in [2.75, 3.05) is 26.2 Å². The minimum atomic E-state index is 0.0238. The van der Waals surface area contributed by atoms with Crippen molar-refractivity contribution < 1.29 is 9.59 Å². The van der Waals surface area contributed by atoms with Crippen LogP contribution in [0.25, 0.3) is 26.2 Å². The van der Waals surface area contributed by atoms with E-state index < -0.39 is 0 Å². The number of H-pyrrole nitrogens is 1. The molecule has 31 heavy (non-hydrogen) atoms. The summed E-state index contributed by atoms with van der Waals surface area (Å²) in [4.78, 5) is 39.9. The fourth-order valence-electron chi connectivity index (χ4n) is 4.22. The van der Waals surface area contributed by atoms with Crippen LogP contribution < -0.4 is 0 Å². The van der Waals surface area contributed by atoms with Gasteiger partial charge in [0, 0.05) is 54.9 Å². The number of thiophene rings is 1. The SMILES string of the molecule is O=C(Cc1c[nH]c2ccccc12)N1CCN(C(=O)c2cc3c(nc4sccn43)s2)CC1. The molecule has 6 rings (SSSR count). The number of carbonyl (C=O) groups is 2. The van der Waals surface area contributed by atoms with Gasteiger partial charge < -0.3 is 14.8 Å². The van der Waals surface area contributed by atoms with Gasteiger partial charge in [-0.25, -0.2) is 4.98 Å². The van der Waals surface area contributed by atoms with Crippen molar-refractivity contribution in [3.05, 3.63) is 58.5 Å². The van der Waals surface area contributed by atoms with E-state index >= 15 is 0 Å². The number of hydrogen-bond acceptors (Lipinski definition) is 5. The third-order valence-electron chi connectivity index (χ3n) is 5.89. The predicted octanol–water partition coefficient (Wildman–Crippen LogP) is 3.62. The van der Waals surface area contributed by atoms with Gasteiger partial charge in [0.2, 0.25) is 5.91 Å². The van der Waals surface area contributed by atoms with Crippen molar-refractivity contribution in [3.8, 4) is 0 Å². The summed E-state index contributed by atoms with van der Waals surface area (Å²) in [6, 6.07) is 9.95. The zero-order valence-corrected chi connectivity index (χ0v) is 18.2. The van der Waals surface area contributed by atoms with Crippen molar-refractivity contribution in [1.82, 2.24) is 24.2 Å². The number of carbonyl (C=O) groups excluding carboxylic acids is 2. The first-order chi connectivity index (χ1) is 15.2. The van der Waals surface area contributed by atoms with Crippen LogP contribution in [0, 0.1) is 0 Å². The van der Waals surface area contributed by atoms with Gasteiger partial charge in [-0.3, -0.25) is 14.0 Å². The summed E-state index contributed by atoms with van der Waals surface area (Å²) in [5, 5.41) is 3.08. The van der Waals surface area contributed by atoms with Gasteiger partial charge in [-0.15, -0.1) is 22.7 Å². The van der Waals surface area contributed by atoms with Crippen molar-refractivity contribution >= 4 is 60.7 Å². The molecule has 5 heterocycles. The molecule has 0 unspecified atom stereocenters. The molecule has 1 saturated heterocycles. The van der Waals surface area contributed by atoms with Gasteiger partial charge >= 0.3 is 0 Å². The first-order valence-corrected chi connectivity index (χ1v) is 11.8. The third-order valence-corrected chi connectivity index (χ3v) is 7.65. The normalized spacial score (nSPS) is 14.8. The van der Waals surface area contributed by atoms with Crippen LogP contribution in [0.15, 0.2) is 48.1 Å². The van der Waals surface area contributed by atoms with Crippen LogP contribution in [0.5, 0.6) is 0 Å². The number of fused-ring (bicyclic) bond motifs is 4. The molecule has 0 bridgehead atoms. The van der Waals surface area contributed by atoms with Gasteiger partial charge in [-0.1, -0.05) is 18.2 Å². The molecule has 1 N–H and O–H groups in total. The fraction of sp³-hybridized carbons (Fsp3) is 0.227. The maximum atomic E-state index is 13.0. The van der Waals surface area contributed by atoms with Crippen LogP contribution in [0.3, 0.4) is 0 Å². The largest absolute Gasteiger partial charge is 0.361 e. The Kier molecular flexibility index (Phi) is 4.32. The van der Waals surface area contributed by atoms with Crippen LogP contribution in [0.1, 0.15) is 15.2 Å². The zero-order chi connectivity index (χ0) is 20.9. The number of rotatable bonds is 3. The Hall–Kier alpha value is -3.17. The van der Waals surface area contributed by atoms with E-state index in [2.05, 4.69) is 9.97 Å². The summed E-state index contributed by atoms with van der Waals surface area (Å²) < 4.78 is 2.02. The molecule has 0 saturated carbocycles. The molecule has 4 aromatic heterocycles. The molecular weight excluding hydrogens is 430 g/mol. The van der Waals surface area contributed by atoms with Gasteiger partial charge in [0.25, 0.3) is 5.91 Å². The van der Waals surface area contributed by atoms with E-state index in [0.29, 0.717) is 37.5 Å². The summed E-state index contributed by atoms with van der Waals surface area (Å²) in [7, 11) is 0. The Morgan fingerprint density at radius 1 is 1.10 bits per heavy atom. The Labute approximate surface area is 185 Å². The lowest BCUT2D eigenvalue weighted by atomic mass is 10.1. The van der Waals surface area contributed by atoms with Crippen LogP contribution >= 0.6 is 22.7 Å². The van der Waals surface area contributed by atoms with Gasteiger partial charge in [-0.05, 0) is 17.7 Å². The lowest BCUT2D eigenvalue weighted by Crippen LogP contribution is -2.50. The highest BCUT2D eigenvalue weighted by molar-refractivity contribution is 7.21. The molecule has 1 aliphatic heterocycles. The highest BCUT2D eigenvalue weighted by atomic mass is 32.1. The highest BCUT2D eigenvalue weighted by Crippen LogP contribution is 2.29. The molecule has 0 spiro atoms. The number of aromatic nitrogens is 3. The van der Waals surface area contributed by atoms with E-state index in [1.54, 1.807) is 11.3 Å². The van der Waals surface area contributed by atoms with Crippen LogP contribution in [-0.4, -0.2) is 62.2 Å². The standard InChI is InChI=1S/C22H19N5O2S2/c28-19(11-14-13-23-16-4-2-1-3-15(14)16)25-5-7-26(8-6-25)21(29)18-12-17-20(31-18)24-22-27(17)9-10-30-22/h1-4,9-10,12-13,23H,5-8,11H2. The van der Waals surface area contributed by atoms with Crippen LogP contribution in [0.2, 0.25) is 0 Å². The number of hydrogen-bond donors (Lipinski definition) is 1. The predicted molar refractivity (Wildman–Crippen MR) is 123 cm³/mol. The molecule has 1 fully saturated rings. The van der Waals surface area contributed by atoms with Gasteiger partial charge in [0.1, 0.15) is 4.83 Å². The Balaban J connectivity index is 1.12. The van der Waals surface area contributed by atoms with Crippen LogP contribution in [0.4, 0.5) is 0 Å². The number of piperazine rings is 1. The Morgan fingerprint density at radius 3 is 2.77 bits per heavy atom. The molecular formula is C22H19N5O2S2. The van der Waals surface area contributed by atoms with Crippen molar-refractivity contribution in [1.29, 1.82) is 0 Å². The molecule has 1 aromatic carbocycles. The first-order valence-electron chi connectivity index (χ1n) is 10.1. The second-order valence-corrected chi connectivity index (χ2v) is 9.58. The van der Waals surface area contributed by atoms with Crippen LogP contribution in [-0.2, 0) is 11.2 Å². The monoisotopic (exact) mass is 449 g/mol. The zero-order valence-electron chi connectivity index (χ0n) is 16.6. The number of amides is 2. The smallest absolute Gasteiger partial charge is 0.264 e. The number of nitrogens with zero attached hydrogens (tertiary/aromatic N) is 4. The summed E-state index contributed by atoms with van der Waals surface area (Å²) in [5.74, 6) is 0.128. The number of nitrogens with one attached hydrogen (secondary N) is 1. The highest BCUT2D eigenvalue weighted by Gasteiger charge is 2.27. The van der Waals surface area contributed by atoms with Crippen molar-refractivity contribution in [2.24, 2.45) is 0 Å². The molecule has 0 atom stereocenters. The summed E-state index contributed by atoms with van der Waals surface area (Å²) in [6.07, 6.45) is 4.27. The number of imidazole rings is 1. The lowest BCUT2D eigenvalue weighted by molar-refractivity contribution is -0.131. The maximum Gasteiger partial charge on any atom is 0.264 e. The molecule has 2 amide bonds. The number of aromatic amines is 1. The molecule has 5 aromatic rings. The van der Waals surface area contributed by atoms with E-state index in [4.69, 9.17) is 0 Å². The summed E-state index contributed by atoms with van der Waals surface area (Å²) in [6.45, 7) is 2.22. The topological polar surface area (TPSA) is 73.7 Å². The lowest BCUT2D eigenvalue weighted by Gasteiger charge is -2.34. The second-order valence-electron chi connectivity index (χ2n) is 7.68. The number of benzene rings is 1. The van der Waals surface area contributed by atoms with E-state index in [9.17, 15) is 9.59 Å². The molecule has 0 radical (unpaired) electrons. The third kappa shape index (κ3) is 3.12. The van der Waals surface area contributed by atoms with Gasteiger partial charge in [-0.2, -0.15) is 0 Å². The summed E-state index contributed by atoms with van der Waals surface area (Å²) >= 11 is 3.03. The van der Waals surface area contributed by atoms with Gasteiger partial charge in [0.15, 0.2) is 4.96 Å². The number of para-hydroxylation sites is 1. The minimum Gasteiger partial charge on any atom is -0.361 e. The van der Waals surface area contributed by atoms with Crippen molar-refractivity contribution in [2.45, 2.75) is 6.42 Å². The quantitative estimate of drug-likeness (QED) is 0.457. The molecule has 7 nitrogen and oxygen atoms in total. The van der Waals surface area contributed by atoms with E-state index in [1.165, 1.54) is 11.3 Å².